The van der Waals surface area contributed by atoms with Gasteiger partial charge in [0.05, 0.1) is 33.1 Å². The molecule has 15 aromatic rings. The van der Waals surface area contributed by atoms with Crippen molar-refractivity contribution in [2.75, 3.05) is 0 Å². The molecule has 0 N–H and O–H groups in total. The Bertz CT molecular complexity index is 4550. The smallest absolute Gasteiger partial charge is 0.0541 e. The number of para-hydroxylation sites is 5. The normalized spacial score (nSPS) is 12.3. The Morgan fingerprint density at radius 3 is 0.821 bits per heavy atom. The van der Waals surface area contributed by atoms with E-state index in [1.165, 1.54) is 126 Å². The summed E-state index contributed by atoms with van der Waals surface area (Å²) in [4.78, 5) is 0. The third-order valence-electron chi connectivity index (χ3n) is 14.9. The van der Waals surface area contributed by atoms with Gasteiger partial charge in [-0.3, -0.25) is 0 Å². The van der Waals surface area contributed by atoms with Gasteiger partial charge in [-0.2, -0.15) is 0 Å². The predicted octanol–water partition coefficient (Wildman–Crippen LogP) is 15.9. The first-order valence-corrected chi connectivity index (χ1v) is 23.1. The van der Waals surface area contributed by atoms with Crippen LogP contribution in [0, 0.1) is 0 Å². The second kappa shape index (κ2) is 13.4. The maximum absolute atomic E-state index is 2.45. The van der Waals surface area contributed by atoms with Crippen LogP contribution in [0.2, 0.25) is 0 Å². The number of rotatable bonds is 4. The molecule has 0 aliphatic heterocycles. The van der Waals surface area contributed by atoms with Gasteiger partial charge in [-0.05, 0) is 120 Å². The van der Waals surface area contributed by atoms with Crippen LogP contribution >= 0.6 is 0 Å². The Morgan fingerprint density at radius 1 is 0.209 bits per heavy atom. The van der Waals surface area contributed by atoms with Gasteiger partial charge >= 0.3 is 0 Å². The lowest BCUT2D eigenvalue weighted by molar-refractivity contribution is 1.01. The number of hydrogen-bond donors (Lipinski definition) is 0. The number of benzene rings is 10. The highest BCUT2D eigenvalue weighted by molar-refractivity contribution is 6.16. The van der Waals surface area contributed by atoms with Crippen molar-refractivity contribution >= 4 is 109 Å². The monoisotopic (exact) mass is 855 g/mol. The van der Waals surface area contributed by atoms with Crippen molar-refractivity contribution in [3.05, 3.63) is 212 Å². The predicted molar refractivity (Wildman–Crippen MR) is 283 cm³/mol. The molecule has 67 heavy (non-hydrogen) atoms. The standard InChI is InChI=1S/C62H41N5/c1-63-53-18-8-3-15-45(53)50-35-40(25-30-54(50)63)66-59-21-11-6-16-46(59)48-33-38(23-28-61(48)66)39-24-29-62-49(34-39)47-17-7-12-22-60(47)67(62)42-27-32-56-52(37-42)51-36-41(26-31-55(51)64(56)2)65-57-19-9-4-13-43(57)44-14-5-10-20-58(44)65/h3-37H,1-2H3. The molecule has 5 aromatic heterocycles. The van der Waals surface area contributed by atoms with E-state index in [2.05, 4.69) is 249 Å². The molecule has 5 heteroatoms. The van der Waals surface area contributed by atoms with Crippen LogP contribution in [0.5, 0.6) is 0 Å². The van der Waals surface area contributed by atoms with Crippen LogP contribution in [-0.2, 0) is 14.1 Å². The lowest BCUT2D eigenvalue weighted by atomic mass is 10.0. The van der Waals surface area contributed by atoms with Crippen LogP contribution in [0.3, 0.4) is 0 Å². The fourth-order valence-corrected chi connectivity index (χ4v) is 11.8. The van der Waals surface area contributed by atoms with E-state index in [-0.39, 0.29) is 0 Å². The van der Waals surface area contributed by atoms with Gasteiger partial charge in [0.15, 0.2) is 0 Å². The number of nitrogens with zero attached hydrogens (tertiary/aromatic N) is 5. The summed E-state index contributed by atoms with van der Waals surface area (Å²) < 4.78 is 11.9. The van der Waals surface area contributed by atoms with Gasteiger partial charge in [-0.1, -0.05) is 103 Å². The van der Waals surface area contributed by atoms with E-state index >= 15 is 0 Å². The first-order valence-electron chi connectivity index (χ1n) is 23.1. The van der Waals surface area contributed by atoms with E-state index in [1.54, 1.807) is 0 Å². The highest BCUT2D eigenvalue weighted by Crippen LogP contribution is 2.41. The van der Waals surface area contributed by atoms with Gasteiger partial charge in [-0.15, -0.1) is 0 Å². The van der Waals surface area contributed by atoms with Crippen LogP contribution in [0.15, 0.2) is 212 Å². The molecule has 0 bridgehead atoms. The van der Waals surface area contributed by atoms with E-state index in [1.807, 2.05) is 0 Å². The fraction of sp³-hybridized carbons (Fsp3) is 0.0323. The van der Waals surface area contributed by atoms with E-state index in [0.29, 0.717) is 0 Å². The molecule has 0 aliphatic rings. The molecular weight excluding hydrogens is 815 g/mol. The van der Waals surface area contributed by atoms with Crippen molar-refractivity contribution in [2.24, 2.45) is 14.1 Å². The first kappa shape index (κ1) is 36.5. The van der Waals surface area contributed by atoms with Gasteiger partial charge in [0.25, 0.3) is 0 Å². The zero-order valence-electron chi connectivity index (χ0n) is 36.9. The minimum absolute atomic E-state index is 1.15. The molecule has 0 amide bonds. The minimum atomic E-state index is 1.15. The maximum atomic E-state index is 2.45. The van der Waals surface area contributed by atoms with E-state index < -0.39 is 0 Å². The molecular formula is C62H41N5. The summed E-state index contributed by atoms with van der Waals surface area (Å²) in [6.07, 6.45) is 0. The Labute approximate surface area is 384 Å². The van der Waals surface area contributed by atoms with Gasteiger partial charge < -0.3 is 22.8 Å². The van der Waals surface area contributed by atoms with Gasteiger partial charge in [0.1, 0.15) is 0 Å². The van der Waals surface area contributed by atoms with Crippen LogP contribution in [0.4, 0.5) is 0 Å². The largest absolute Gasteiger partial charge is 0.344 e. The summed E-state index contributed by atoms with van der Waals surface area (Å²) in [5, 5.41) is 12.6. The molecule has 15 rings (SSSR count). The molecule has 0 aliphatic carbocycles. The Balaban J connectivity index is 0.876. The molecule has 0 atom stereocenters. The Morgan fingerprint density at radius 2 is 0.448 bits per heavy atom. The molecule has 0 unspecified atom stereocenters. The Kier molecular flexibility index (Phi) is 7.29. The van der Waals surface area contributed by atoms with Crippen LogP contribution in [0.25, 0.3) is 137 Å². The lowest BCUT2D eigenvalue weighted by Gasteiger charge is -2.10. The molecule has 5 nitrogen and oxygen atoms in total. The Hall–Kier alpha value is -8.80. The van der Waals surface area contributed by atoms with Crippen LogP contribution in [-0.4, -0.2) is 22.8 Å². The SMILES string of the molecule is Cn1c2ccccc2c2cc(-n3c4ccccc4c4cc(-c5ccc6c(c5)c5ccccc5n6-c5ccc6c(c5)c5cc(-n7c8ccccc8c8ccccc87)ccc5n6C)ccc43)ccc21. The lowest BCUT2D eigenvalue weighted by Crippen LogP contribution is -1.94. The van der Waals surface area contributed by atoms with Crippen molar-refractivity contribution in [3.63, 3.8) is 0 Å². The molecule has 0 fully saturated rings. The molecule has 0 saturated carbocycles. The van der Waals surface area contributed by atoms with Gasteiger partial charge in [-0.25, -0.2) is 0 Å². The minimum Gasteiger partial charge on any atom is -0.344 e. The summed E-state index contributed by atoms with van der Waals surface area (Å²) >= 11 is 0. The maximum Gasteiger partial charge on any atom is 0.0541 e. The van der Waals surface area contributed by atoms with Crippen LogP contribution < -0.4 is 0 Å². The molecule has 0 radical (unpaired) electrons. The molecule has 10 aromatic carbocycles. The van der Waals surface area contributed by atoms with Crippen molar-refractivity contribution in [2.45, 2.75) is 0 Å². The van der Waals surface area contributed by atoms with Crippen molar-refractivity contribution in [1.82, 2.24) is 22.8 Å². The highest BCUT2D eigenvalue weighted by atomic mass is 15.0. The van der Waals surface area contributed by atoms with Gasteiger partial charge in [0, 0.05) is 107 Å². The number of aromatic nitrogens is 5. The second-order valence-electron chi connectivity index (χ2n) is 18.3. The van der Waals surface area contributed by atoms with E-state index in [4.69, 9.17) is 0 Å². The summed E-state index contributed by atoms with van der Waals surface area (Å²) in [6, 6.07) is 78.8. The van der Waals surface area contributed by atoms with Crippen molar-refractivity contribution in [3.8, 4) is 28.2 Å². The third-order valence-corrected chi connectivity index (χ3v) is 14.9. The average Bonchev–Trinajstić information content (AvgIpc) is 4.15. The van der Waals surface area contributed by atoms with Crippen molar-refractivity contribution < 1.29 is 0 Å². The summed E-state index contributed by atoms with van der Waals surface area (Å²) in [5.41, 5.74) is 18.0. The number of fused-ring (bicyclic) bond motifs is 15. The van der Waals surface area contributed by atoms with Crippen LogP contribution in [0.1, 0.15) is 0 Å². The number of hydrogen-bond acceptors (Lipinski definition) is 0. The average molecular weight is 856 g/mol. The summed E-state index contributed by atoms with van der Waals surface area (Å²) in [7, 11) is 4.35. The summed E-state index contributed by atoms with van der Waals surface area (Å²) in [5.74, 6) is 0. The highest BCUT2D eigenvalue weighted by Gasteiger charge is 2.20. The second-order valence-corrected chi connectivity index (χ2v) is 18.3. The molecule has 5 heterocycles. The van der Waals surface area contributed by atoms with Gasteiger partial charge in [0.2, 0.25) is 0 Å². The zero-order valence-corrected chi connectivity index (χ0v) is 36.9. The third kappa shape index (κ3) is 4.97. The van der Waals surface area contributed by atoms with E-state index in [9.17, 15) is 0 Å². The fourth-order valence-electron chi connectivity index (χ4n) is 11.8. The zero-order chi connectivity index (χ0) is 44.1. The topological polar surface area (TPSA) is 24.6 Å². The first-order chi connectivity index (χ1) is 33.1. The summed E-state index contributed by atoms with van der Waals surface area (Å²) in [6.45, 7) is 0. The van der Waals surface area contributed by atoms with Crippen molar-refractivity contribution in [1.29, 1.82) is 0 Å². The number of aryl methyl sites for hydroxylation is 2. The quantitative estimate of drug-likeness (QED) is 0.168. The molecule has 0 spiro atoms. The van der Waals surface area contributed by atoms with E-state index in [0.717, 1.165) is 11.4 Å². The molecule has 314 valence electrons. The molecule has 0 saturated heterocycles.